The molecule has 0 spiro atoms. The van der Waals surface area contributed by atoms with Crippen molar-refractivity contribution in [1.82, 2.24) is 0 Å². The molecule has 2 aromatic heterocycles. The second kappa shape index (κ2) is 12.4. The minimum Gasteiger partial charge on any atom is -0.232 e. The van der Waals surface area contributed by atoms with Gasteiger partial charge in [-0.1, -0.05) is 103 Å². The number of aryl methyl sites for hydroxylation is 1. The van der Waals surface area contributed by atoms with E-state index in [2.05, 4.69) is 122 Å². The third-order valence-corrected chi connectivity index (χ3v) is 12.4. The average Bonchev–Trinajstić information content (AvgIpc) is 3.68. The molecule has 8 aromatic rings. The van der Waals surface area contributed by atoms with Gasteiger partial charge in [0.15, 0.2) is 5.84 Å². The number of hydrogen-bond acceptors (Lipinski definition) is 5. The number of allylic oxidation sites excluding steroid dienone is 1. The highest BCUT2D eigenvalue weighted by Gasteiger charge is 2.22. The summed E-state index contributed by atoms with van der Waals surface area (Å²) in [5, 5.41) is 5.40. The second-order valence-corrected chi connectivity index (χ2v) is 15.3. The van der Waals surface area contributed by atoms with Crippen LogP contribution in [0.5, 0.6) is 0 Å². The van der Waals surface area contributed by atoms with E-state index in [9.17, 15) is 0 Å². The van der Waals surface area contributed by atoms with Crippen LogP contribution in [-0.2, 0) is 0 Å². The predicted octanol–water partition coefficient (Wildman–Crippen LogP) is 13.4. The molecule has 2 nitrogen and oxygen atoms in total. The first kappa shape index (κ1) is 30.5. The summed E-state index contributed by atoms with van der Waals surface area (Å²) in [5.41, 5.74) is 8.32. The van der Waals surface area contributed by atoms with Gasteiger partial charge in [-0.25, -0.2) is 9.98 Å². The zero-order chi connectivity index (χ0) is 33.1. The van der Waals surface area contributed by atoms with Gasteiger partial charge in [-0.05, 0) is 72.9 Å². The third kappa shape index (κ3) is 5.24. The highest BCUT2D eigenvalue weighted by molar-refractivity contribution is 7.80. The number of aliphatic imine (C=N–C) groups is 2. The van der Waals surface area contributed by atoms with Crippen molar-refractivity contribution in [2.45, 2.75) is 24.7 Å². The van der Waals surface area contributed by atoms with E-state index in [1.807, 2.05) is 23.5 Å². The number of amidine groups is 1. The fraction of sp³-hybridized carbons (Fsp3) is 0.0698. The van der Waals surface area contributed by atoms with Crippen molar-refractivity contribution in [3.63, 3.8) is 0 Å². The van der Waals surface area contributed by atoms with E-state index in [1.54, 1.807) is 11.3 Å². The maximum atomic E-state index is 7.43. The molecular formula is C43H29ClN2S3. The summed E-state index contributed by atoms with van der Waals surface area (Å²) < 4.78 is 4.91. The van der Waals surface area contributed by atoms with E-state index >= 15 is 0 Å². The van der Waals surface area contributed by atoms with Gasteiger partial charge < -0.3 is 0 Å². The lowest BCUT2D eigenvalue weighted by Crippen LogP contribution is -2.10. The summed E-state index contributed by atoms with van der Waals surface area (Å²) in [4.78, 5) is 11.9. The van der Waals surface area contributed by atoms with Gasteiger partial charge in [-0.3, -0.25) is 0 Å². The summed E-state index contributed by atoms with van der Waals surface area (Å²) in [7, 11) is 0. The number of fused-ring (bicyclic) bond motifs is 6. The van der Waals surface area contributed by atoms with E-state index in [1.165, 1.54) is 30.4 Å². The molecule has 1 aliphatic heterocycles. The molecule has 0 aliphatic carbocycles. The molecule has 0 amide bonds. The third-order valence-electron chi connectivity index (χ3n) is 9.34. The van der Waals surface area contributed by atoms with Crippen LogP contribution in [0.25, 0.3) is 57.2 Å². The molecule has 49 heavy (non-hydrogen) atoms. The van der Waals surface area contributed by atoms with Crippen LogP contribution in [0.2, 0.25) is 5.02 Å². The molecule has 0 N–H and O–H groups in total. The van der Waals surface area contributed by atoms with Gasteiger partial charge in [0.05, 0.1) is 16.4 Å². The average molecular weight is 705 g/mol. The van der Waals surface area contributed by atoms with Crippen LogP contribution >= 0.6 is 46.9 Å². The van der Waals surface area contributed by atoms with Crippen molar-refractivity contribution >= 4 is 104 Å². The topological polar surface area (TPSA) is 24.7 Å². The molecular weight excluding hydrogens is 676 g/mol. The van der Waals surface area contributed by atoms with Gasteiger partial charge in [0.1, 0.15) is 0 Å². The molecule has 0 atom stereocenters. The number of thiol groups is 1. The zero-order valence-electron chi connectivity index (χ0n) is 26.6. The Morgan fingerprint density at radius 1 is 0.592 bits per heavy atom. The first-order chi connectivity index (χ1) is 24.0. The monoisotopic (exact) mass is 704 g/mol. The van der Waals surface area contributed by atoms with Crippen LogP contribution < -0.4 is 0 Å². The van der Waals surface area contributed by atoms with Crippen molar-refractivity contribution < 1.29 is 0 Å². The van der Waals surface area contributed by atoms with Crippen molar-refractivity contribution in [2.75, 3.05) is 0 Å². The highest BCUT2D eigenvalue weighted by Crippen LogP contribution is 2.42. The molecule has 6 heteroatoms. The SMILES string of the molecule is Cc1cccc(C2=CCCC(c3cccc4sc5ccccc5c34)=NC(c3ccc4sc5ccccc5c4c3Cl)=N2)c1-c1ccccc1S. The zero-order valence-corrected chi connectivity index (χ0v) is 29.9. The summed E-state index contributed by atoms with van der Waals surface area (Å²) >= 11 is 15.9. The molecule has 0 saturated heterocycles. The number of rotatable bonds is 4. The summed E-state index contributed by atoms with van der Waals surface area (Å²) in [6.45, 7) is 2.15. The summed E-state index contributed by atoms with van der Waals surface area (Å²) in [5.74, 6) is 0.617. The highest BCUT2D eigenvalue weighted by atomic mass is 35.5. The quantitative estimate of drug-likeness (QED) is 0.176. The number of nitrogens with zero attached hydrogens (tertiary/aromatic N) is 2. The largest absolute Gasteiger partial charge is 0.232 e. The van der Waals surface area contributed by atoms with Crippen LogP contribution in [0.15, 0.2) is 142 Å². The van der Waals surface area contributed by atoms with Crippen LogP contribution in [0.1, 0.15) is 35.1 Å². The van der Waals surface area contributed by atoms with Gasteiger partial charge in [0, 0.05) is 61.9 Å². The Balaban J connectivity index is 1.31. The number of hydrogen-bond donors (Lipinski definition) is 1. The lowest BCUT2D eigenvalue weighted by molar-refractivity contribution is 1.09. The van der Waals surface area contributed by atoms with E-state index in [-0.39, 0.29) is 0 Å². The van der Waals surface area contributed by atoms with Gasteiger partial charge in [-0.15, -0.1) is 35.3 Å². The number of halogens is 1. The molecule has 9 rings (SSSR count). The Kier molecular flexibility index (Phi) is 7.74. The molecule has 0 bridgehead atoms. The van der Waals surface area contributed by atoms with Crippen LogP contribution in [-0.4, -0.2) is 11.5 Å². The smallest absolute Gasteiger partial charge is 0.161 e. The van der Waals surface area contributed by atoms with E-state index in [0.717, 1.165) is 72.4 Å². The molecule has 6 aromatic carbocycles. The molecule has 0 unspecified atom stereocenters. The van der Waals surface area contributed by atoms with Crippen LogP contribution in [0.4, 0.5) is 0 Å². The lowest BCUT2D eigenvalue weighted by atomic mass is 9.92. The Hall–Kier alpha value is -4.52. The first-order valence-electron chi connectivity index (χ1n) is 16.3. The molecule has 236 valence electrons. The van der Waals surface area contributed by atoms with E-state index in [0.29, 0.717) is 10.9 Å². The van der Waals surface area contributed by atoms with Crippen molar-refractivity contribution in [3.8, 4) is 11.1 Å². The second-order valence-electron chi connectivity index (χ2n) is 12.3. The first-order valence-corrected chi connectivity index (χ1v) is 18.8. The fourth-order valence-electron chi connectivity index (χ4n) is 7.09. The van der Waals surface area contributed by atoms with E-state index in [4.69, 9.17) is 34.2 Å². The Bertz CT molecular complexity index is 2710. The standard InChI is InChI=1S/C43H29ClN2S3/c1-25-11-8-15-26(39(25)28-12-2-5-19-34(28)47)32-17-10-18-33(27-16-9-22-37-40(27)29-13-3-6-20-35(29)48-37)46-43(45-32)31-23-24-38-41(42(31)44)30-14-4-7-21-36(30)49-38/h2-9,11-17,19-24,47H,10,18H2,1H3. The molecule has 0 saturated carbocycles. The molecule has 3 heterocycles. The maximum absolute atomic E-state index is 7.43. The lowest BCUT2D eigenvalue weighted by Gasteiger charge is -2.18. The molecule has 0 radical (unpaired) electrons. The fourth-order valence-corrected chi connectivity index (χ4v) is 10.0. The summed E-state index contributed by atoms with van der Waals surface area (Å²) in [6.07, 6.45) is 3.82. The van der Waals surface area contributed by atoms with E-state index < -0.39 is 0 Å². The minimum atomic E-state index is 0.617. The van der Waals surface area contributed by atoms with Gasteiger partial charge in [0.25, 0.3) is 0 Å². The normalized spacial score (nSPS) is 13.8. The van der Waals surface area contributed by atoms with Gasteiger partial charge in [0.2, 0.25) is 0 Å². The molecule has 1 aliphatic rings. The van der Waals surface area contributed by atoms with Crippen molar-refractivity contribution in [3.05, 3.63) is 155 Å². The van der Waals surface area contributed by atoms with Crippen molar-refractivity contribution in [2.24, 2.45) is 9.98 Å². The van der Waals surface area contributed by atoms with Gasteiger partial charge >= 0.3 is 0 Å². The van der Waals surface area contributed by atoms with Crippen LogP contribution in [0, 0.1) is 6.92 Å². The Morgan fingerprint density at radius 2 is 1.22 bits per heavy atom. The Labute approximate surface area is 303 Å². The van der Waals surface area contributed by atoms with Crippen molar-refractivity contribution in [1.29, 1.82) is 0 Å². The predicted molar refractivity (Wildman–Crippen MR) is 218 cm³/mol. The van der Waals surface area contributed by atoms with Gasteiger partial charge in [-0.2, -0.15) is 0 Å². The minimum absolute atomic E-state index is 0.617. The maximum Gasteiger partial charge on any atom is 0.161 e. The Morgan fingerprint density at radius 3 is 2.02 bits per heavy atom. The number of thiophene rings is 2. The molecule has 0 fully saturated rings. The van der Waals surface area contributed by atoms with Crippen LogP contribution in [0.3, 0.4) is 0 Å². The summed E-state index contributed by atoms with van der Waals surface area (Å²) in [6, 6.07) is 42.7. The number of benzene rings is 6.